The van der Waals surface area contributed by atoms with Gasteiger partial charge in [-0.1, -0.05) is 70.2 Å². The Bertz CT molecular complexity index is 1070. The monoisotopic (exact) mass is 427 g/mol. The first-order chi connectivity index (χ1) is 14.5. The Balaban J connectivity index is 1.93. The smallest absolute Gasteiger partial charge is 0.336 e. The summed E-state index contributed by atoms with van der Waals surface area (Å²) in [6.45, 7) is 7.76. The van der Waals surface area contributed by atoms with Gasteiger partial charge in [-0.15, -0.1) is 5.10 Å². The van der Waals surface area contributed by atoms with Crippen LogP contribution >= 0.6 is 0 Å². The van der Waals surface area contributed by atoms with Gasteiger partial charge in [-0.05, 0) is 29.2 Å². The first kappa shape index (κ1) is 22.6. The average molecular weight is 427 g/mol. The van der Waals surface area contributed by atoms with Crippen molar-refractivity contribution in [3.05, 3.63) is 71.3 Å². The van der Waals surface area contributed by atoms with Crippen molar-refractivity contribution in [2.45, 2.75) is 58.4 Å². The number of aromatic nitrogens is 3. The van der Waals surface area contributed by atoms with E-state index in [0.29, 0.717) is 24.4 Å². The van der Waals surface area contributed by atoms with Gasteiger partial charge >= 0.3 is 11.9 Å². The Morgan fingerprint density at radius 3 is 2.29 bits per heavy atom. The second-order valence-corrected chi connectivity index (χ2v) is 8.67. The van der Waals surface area contributed by atoms with Crippen molar-refractivity contribution in [3.8, 4) is 11.1 Å². The van der Waals surface area contributed by atoms with Crippen LogP contribution in [0.25, 0.3) is 11.1 Å². The number of aromatic carboxylic acids is 1. The van der Waals surface area contributed by atoms with Crippen molar-refractivity contribution in [1.29, 1.82) is 0 Å². The summed E-state index contributed by atoms with van der Waals surface area (Å²) in [7, 11) is 0. The molecule has 31 heavy (non-hydrogen) atoms. The van der Waals surface area contributed by atoms with Gasteiger partial charge in [0.25, 0.3) is 0 Å². The fraction of sp³-hybridized carbons (Fsp3) is 0.375. The number of hydrogen-bond acceptors (Lipinski definition) is 3. The molecule has 0 spiro atoms. The predicted octanol–water partition coefficient (Wildman–Crippen LogP) is 5.88. The summed E-state index contributed by atoms with van der Waals surface area (Å²) in [5, 5.41) is 13.6. The number of carboxylic acids is 1. The molecule has 3 rings (SSSR count). The zero-order chi connectivity index (χ0) is 22.8. The van der Waals surface area contributed by atoms with E-state index in [1.165, 1.54) is 0 Å². The van der Waals surface area contributed by atoms with Gasteiger partial charge in [0.1, 0.15) is 5.82 Å². The number of alkyl halides is 2. The summed E-state index contributed by atoms with van der Waals surface area (Å²) in [5.41, 5.74) is 2.03. The number of benzene rings is 2. The zero-order valence-corrected chi connectivity index (χ0v) is 18.2. The fourth-order valence-corrected chi connectivity index (χ4v) is 3.47. The molecule has 0 radical (unpaired) electrons. The van der Waals surface area contributed by atoms with Crippen molar-refractivity contribution in [1.82, 2.24) is 14.8 Å². The molecule has 0 aliphatic heterocycles. The number of halogens is 2. The van der Waals surface area contributed by atoms with Crippen molar-refractivity contribution in [2.75, 3.05) is 0 Å². The van der Waals surface area contributed by atoms with Gasteiger partial charge in [0, 0.05) is 11.8 Å². The summed E-state index contributed by atoms with van der Waals surface area (Å²) in [6.07, 6.45) is 0.0456. The van der Waals surface area contributed by atoms with E-state index in [0.717, 1.165) is 11.1 Å². The predicted molar refractivity (Wildman–Crippen MR) is 115 cm³/mol. The quantitative estimate of drug-likeness (QED) is 0.511. The molecular weight excluding hydrogens is 400 g/mol. The Morgan fingerprint density at radius 1 is 1.06 bits per heavy atom. The van der Waals surface area contributed by atoms with Crippen molar-refractivity contribution < 1.29 is 18.7 Å². The lowest BCUT2D eigenvalue weighted by molar-refractivity contribution is -0.0232. The molecule has 0 aliphatic carbocycles. The minimum Gasteiger partial charge on any atom is -0.478 e. The third-order valence-electron chi connectivity index (χ3n) is 4.99. The SMILES string of the molecule is CCCC(F)(F)c1nc(C(C)(C)C)n(Cc2ccc(-c3ccccc3C(=O)O)cc2)n1. The highest BCUT2D eigenvalue weighted by Gasteiger charge is 2.37. The molecule has 3 aromatic rings. The third kappa shape index (κ3) is 4.98. The van der Waals surface area contributed by atoms with E-state index in [-0.39, 0.29) is 12.0 Å². The van der Waals surface area contributed by atoms with Crippen LogP contribution in [-0.2, 0) is 17.9 Å². The maximum Gasteiger partial charge on any atom is 0.336 e. The summed E-state index contributed by atoms with van der Waals surface area (Å²) in [6, 6.07) is 14.2. The van der Waals surface area contributed by atoms with Crippen LogP contribution in [0.3, 0.4) is 0 Å². The molecule has 0 bridgehead atoms. The summed E-state index contributed by atoms with van der Waals surface area (Å²) >= 11 is 0. The molecule has 2 aromatic carbocycles. The van der Waals surface area contributed by atoms with Crippen LogP contribution in [0.15, 0.2) is 48.5 Å². The van der Waals surface area contributed by atoms with Crippen LogP contribution in [0.5, 0.6) is 0 Å². The number of carbonyl (C=O) groups is 1. The summed E-state index contributed by atoms with van der Waals surface area (Å²) in [4.78, 5) is 15.7. The molecule has 0 unspecified atom stereocenters. The number of nitrogens with zero attached hydrogens (tertiary/aromatic N) is 3. The van der Waals surface area contributed by atoms with E-state index in [2.05, 4.69) is 10.1 Å². The van der Waals surface area contributed by atoms with Gasteiger partial charge < -0.3 is 5.11 Å². The highest BCUT2D eigenvalue weighted by molar-refractivity contribution is 5.95. The van der Waals surface area contributed by atoms with Crippen LogP contribution in [-0.4, -0.2) is 25.8 Å². The van der Waals surface area contributed by atoms with Crippen LogP contribution < -0.4 is 0 Å². The van der Waals surface area contributed by atoms with E-state index in [9.17, 15) is 18.7 Å². The molecule has 0 atom stereocenters. The van der Waals surface area contributed by atoms with Crippen LogP contribution in [0.2, 0.25) is 0 Å². The molecule has 0 aliphatic rings. The van der Waals surface area contributed by atoms with E-state index >= 15 is 0 Å². The molecule has 0 amide bonds. The van der Waals surface area contributed by atoms with Crippen molar-refractivity contribution in [3.63, 3.8) is 0 Å². The maximum absolute atomic E-state index is 14.4. The lowest BCUT2D eigenvalue weighted by Crippen LogP contribution is -2.20. The highest BCUT2D eigenvalue weighted by atomic mass is 19.3. The second-order valence-electron chi connectivity index (χ2n) is 8.67. The van der Waals surface area contributed by atoms with Crippen molar-refractivity contribution in [2.24, 2.45) is 0 Å². The van der Waals surface area contributed by atoms with Crippen LogP contribution in [0.4, 0.5) is 8.78 Å². The zero-order valence-electron chi connectivity index (χ0n) is 18.2. The Hall–Kier alpha value is -3.09. The van der Waals surface area contributed by atoms with Crippen LogP contribution in [0, 0.1) is 0 Å². The fourth-order valence-electron chi connectivity index (χ4n) is 3.47. The molecule has 0 fully saturated rings. The Morgan fingerprint density at radius 2 is 1.71 bits per heavy atom. The standard InChI is InChI=1S/C24H27F2N3O2/c1-5-14-24(25,26)21-27-22(23(2,3)4)29(28-21)15-16-10-12-17(13-11-16)18-8-6-7-9-19(18)20(30)31/h6-13H,5,14-15H2,1-4H3,(H,30,31). The lowest BCUT2D eigenvalue weighted by Gasteiger charge is -2.18. The third-order valence-corrected chi connectivity index (χ3v) is 4.99. The van der Waals surface area contributed by atoms with Crippen molar-refractivity contribution >= 4 is 5.97 Å². The van der Waals surface area contributed by atoms with Gasteiger partial charge in [-0.2, -0.15) is 8.78 Å². The largest absolute Gasteiger partial charge is 0.478 e. The van der Waals surface area contributed by atoms with Gasteiger partial charge in [-0.3, -0.25) is 0 Å². The lowest BCUT2D eigenvalue weighted by atomic mass is 9.95. The molecule has 1 N–H and O–H groups in total. The first-order valence-corrected chi connectivity index (χ1v) is 10.3. The molecule has 0 saturated carbocycles. The maximum atomic E-state index is 14.4. The minimum absolute atomic E-state index is 0.226. The molecule has 164 valence electrons. The molecule has 7 heteroatoms. The normalized spacial score (nSPS) is 12.2. The highest BCUT2D eigenvalue weighted by Crippen LogP contribution is 2.33. The molecule has 1 heterocycles. The number of rotatable bonds is 7. The molecule has 5 nitrogen and oxygen atoms in total. The van der Waals surface area contributed by atoms with Gasteiger partial charge in [0.15, 0.2) is 0 Å². The number of carboxylic acid groups (broad SMARTS) is 1. The molecule has 0 saturated heterocycles. The first-order valence-electron chi connectivity index (χ1n) is 10.3. The summed E-state index contributed by atoms with van der Waals surface area (Å²) < 4.78 is 30.4. The topological polar surface area (TPSA) is 68.0 Å². The molecule has 1 aromatic heterocycles. The summed E-state index contributed by atoms with van der Waals surface area (Å²) in [5.74, 6) is -3.99. The van der Waals surface area contributed by atoms with E-state index in [1.54, 1.807) is 35.9 Å². The Labute approximate surface area is 180 Å². The average Bonchev–Trinajstić information content (AvgIpc) is 3.14. The van der Waals surface area contributed by atoms with Crippen LogP contribution in [0.1, 0.15) is 68.1 Å². The van der Waals surface area contributed by atoms with Gasteiger partial charge in [-0.25, -0.2) is 14.5 Å². The van der Waals surface area contributed by atoms with E-state index in [4.69, 9.17) is 0 Å². The van der Waals surface area contributed by atoms with E-state index in [1.807, 2.05) is 45.0 Å². The number of hydrogen-bond donors (Lipinski definition) is 1. The Kier molecular flexibility index (Phi) is 6.25. The van der Waals surface area contributed by atoms with Gasteiger partial charge in [0.05, 0.1) is 12.1 Å². The molecular formula is C24H27F2N3O2. The van der Waals surface area contributed by atoms with Gasteiger partial charge in [0.2, 0.25) is 5.82 Å². The second kappa shape index (κ2) is 8.57. The van der Waals surface area contributed by atoms with E-state index < -0.39 is 23.1 Å². The minimum atomic E-state index is -3.07.